The normalized spacial score (nSPS) is 18.3. The van der Waals surface area contributed by atoms with Gasteiger partial charge in [-0.2, -0.15) is 0 Å². The standard InChI is InChI=1S/C24H24N2O2/c1-17-16-21(25-18-10-4-3-5-11-18)19-12-6-8-14-22(19)26(17)24(27)20-13-7-9-15-23(20)28-2/h3-15,17,21,25H,16H2,1-2H3/t17-,21+/m0/s1. The van der Waals surface area contributed by atoms with Gasteiger partial charge in [0.15, 0.2) is 0 Å². The van der Waals surface area contributed by atoms with Gasteiger partial charge in [0.25, 0.3) is 5.91 Å². The highest BCUT2D eigenvalue weighted by Gasteiger charge is 2.34. The number of benzene rings is 3. The Labute approximate surface area is 165 Å². The summed E-state index contributed by atoms with van der Waals surface area (Å²) in [4.78, 5) is 15.3. The Balaban J connectivity index is 1.71. The smallest absolute Gasteiger partial charge is 0.262 e. The molecular weight excluding hydrogens is 348 g/mol. The molecule has 0 fully saturated rings. The molecule has 0 spiro atoms. The second-order valence-electron chi connectivity index (χ2n) is 7.08. The number of para-hydroxylation sites is 3. The number of hydrogen-bond donors (Lipinski definition) is 1. The molecule has 0 saturated carbocycles. The summed E-state index contributed by atoms with van der Waals surface area (Å²) in [6, 6.07) is 25.9. The predicted molar refractivity (Wildman–Crippen MR) is 113 cm³/mol. The quantitative estimate of drug-likeness (QED) is 0.677. The van der Waals surface area contributed by atoms with Crippen molar-refractivity contribution in [2.45, 2.75) is 25.4 Å². The van der Waals surface area contributed by atoms with Crippen molar-refractivity contribution in [3.8, 4) is 5.75 Å². The summed E-state index contributed by atoms with van der Waals surface area (Å²) >= 11 is 0. The van der Waals surface area contributed by atoms with Crippen LogP contribution in [0.15, 0.2) is 78.9 Å². The van der Waals surface area contributed by atoms with Gasteiger partial charge < -0.3 is 15.0 Å². The maximum atomic E-state index is 13.4. The van der Waals surface area contributed by atoms with Crippen molar-refractivity contribution in [1.29, 1.82) is 0 Å². The van der Waals surface area contributed by atoms with Crippen LogP contribution >= 0.6 is 0 Å². The molecule has 2 atom stereocenters. The second-order valence-corrected chi connectivity index (χ2v) is 7.08. The summed E-state index contributed by atoms with van der Waals surface area (Å²) in [5.74, 6) is 0.567. The molecule has 3 aromatic rings. The number of nitrogens with zero attached hydrogens (tertiary/aromatic N) is 1. The van der Waals surface area contributed by atoms with Crippen molar-refractivity contribution in [2.75, 3.05) is 17.3 Å². The van der Waals surface area contributed by atoms with Gasteiger partial charge in [-0.25, -0.2) is 0 Å². The average molecular weight is 372 g/mol. The Hall–Kier alpha value is -3.27. The first-order valence-corrected chi connectivity index (χ1v) is 9.56. The monoisotopic (exact) mass is 372 g/mol. The maximum absolute atomic E-state index is 13.4. The van der Waals surface area contributed by atoms with Crippen molar-refractivity contribution in [3.63, 3.8) is 0 Å². The first-order valence-electron chi connectivity index (χ1n) is 9.56. The third-order valence-electron chi connectivity index (χ3n) is 5.26. The zero-order valence-electron chi connectivity index (χ0n) is 16.1. The van der Waals surface area contributed by atoms with Gasteiger partial charge in [0.2, 0.25) is 0 Å². The van der Waals surface area contributed by atoms with E-state index in [1.807, 2.05) is 65.6 Å². The number of anilines is 2. The van der Waals surface area contributed by atoms with Crippen LogP contribution in [0.5, 0.6) is 5.75 Å². The summed E-state index contributed by atoms with van der Waals surface area (Å²) in [7, 11) is 1.60. The molecule has 0 bridgehead atoms. The van der Waals surface area contributed by atoms with E-state index in [4.69, 9.17) is 4.74 Å². The number of carbonyl (C=O) groups excluding carboxylic acids is 1. The van der Waals surface area contributed by atoms with Crippen LogP contribution in [0.25, 0.3) is 0 Å². The summed E-state index contributed by atoms with van der Waals surface area (Å²) in [6.45, 7) is 2.10. The second kappa shape index (κ2) is 7.77. The number of amides is 1. The molecule has 1 amide bonds. The Morgan fingerprint density at radius 2 is 1.64 bits per heavy atom. The number of nitrogens with one attached hydrogen (secondary N) is 1. The van der Waals surface area contributed by atoms with Gasteiger partial charge in [0, 0.05) is 17.4 Å². The Kier molecular flexibility index (Phi) is 5.02. The molecule has 3 aromatic carbocycles. The molecule has 4 heteroatoms. The van der Waals surface area contributed by atoms with Crippen LogP contribution in [-0.4, -0.2) is 19.1 Å². The van der Waals surface area contributed by atoms with Crippen molar-refractivity contribution < 1.29 is 9.53 Å². The van der Waals surface area contributed by atoms with E-state index in [1.165, 1.54) is 0 Å². The minimum absolute atomic E-state index is 0.0319. The minimum Gasteiger partial charge on any atom is -0.496 e. The van der Waals surface area contributed by atoms with Crippen molar-refractivity contribution in [2.24, 2.45) is 0 Å². The van der Waals surface area contributed by atoms with Crippen LogP contribution in [-0.2, 0) is 0 Å². The van der Waals surface area contributed by atoms with E-state index in [2.05, 4.69) is 30.4 Å². The number of rotatable bonds is 4. The fourth-order valence-corrected chi connectivity index (χ4v) is 3.95. The lowest BCUT2D eigenvalue weighted by atomic mass is 9.90. The molecule has 4 nitrogen and oxygen atoms in total. The van der Waals surface area contributed by atoms with Crippen LogP contribution in [0.3, 0.4) is 0 Å². The van der Waals surface area contributed by atoms with E-state index >= 15 is 0 Å². The molecule has 1 aliphatic heterocycles. The number of ether oxygens (including phenoxy) is 1. The first kappa shape index (κ1) is 18.1. The van der Waals surface area contributed by atoms with Gasteiger partial charge in [0.1, 0.15) is 5.75 Å². The Morgan fingerprint density at radius 3 is 2.43 bits per heavy atom. The van der Waals surface area contributed by atoms with Crippen molar-refractivity contribution >= 4 is 17.3 Å². The minimum atomic E-state index is -0.0319. The van der Waals surface area contributed by atoms with Crippen LogP contribution in [0.4, 0.5) is 11.4 Å². The zero-order valence-corrected chi connectivity index (χ0v) is 16.1. The largest absolute Gasteiger partial charge is 0.496 e. The molecule has 0 aliphatic carbocycles. The van der Waals surface area contributed by atoms with Gasteiger partial charge in [-0.1, -0.05) is 48.5 Å². The van der Waals surface area contributed by atoms with Crippen molar-refractivity contribution in [3.05, 3.63) is 90.0 Å². The molecular formula is C24H24N2O2. The van der Waals surface area contributed by atoms with Gasteiger partial charge in [0.05, 0.1) is 18.7 Å². The lowest BCUT2D eigenvalue weighted by Gasteiger charge is -2.40. The average Bonchev–Trinajstić information content (AvgIpc) is 2.74. The number of fused-ring (bicyclic) bond motifs is 1. The van der Waals surface area contributed by atoms with Gasteiger partial charge in [-0.15, -0.1) is 0 Å². The highest BCUT2D eigenvalue weighted by molar-refractivity contribution is 6.09. The number of hydrogen-bond acceptors (Lipinski definition) is 3. The van der Waals surface area contributed by atoms with Crippen LogP contribution in [0.2, 0.25) is 0 Å². The Morgan fingerprint density at radius 1 is 0.964 bits per heavy atom. The number of methoxy groups -OCH3 is 1. The molecule has 4 rings (SSSR count). The molecule has 0 radical (unpaired) electrons. The van der Waals surface area contributed by atoms with E-state index in [9.17, 15) is 4.79 Å². The van der Waals surface area contributed by atoms with Gasteiger partial charge >= 0.3 is 0 Å². The van der Waals surface area contributed by atoms with E-state index in [1.54, 1.807) is 7.11 Å². The van der Waals surface area contributed by atoms with Crippen LogP contribution in [0, 0.1) is 0 Å². The molecule has 1 N–H and O–H groups in total. The highest BCUT2D eigenvalue weighted by atomic mass is 16.5. The fourth-order valence-electron chi connectivity index (χ4n) is 3.95. The van der Waals surface area contributed by atoms with Gasteiger partial charge in [-0.05, 0) is 49.2 Å². The molecule has 142 valence electrons. The van der Waals surface area contributed by atoms with E-state index < -0.39 is 0 Å². The van der Waals surface area contributed by atoms with Gasteiger partial charge in [-0.3, -0.25) is 4.79 Å². The van der Waals surface area contributed by atoms with E-state index in [-0.39, 0.29) is 18.0 Å². The lowest BCUT2D eigenvalue weighted by molar-refractivity contribution is 0.0971. The highest BCUT2D eigenvalue weighted by Crippen LogP contribution is 2.40. The third kappa shape index (κ3) is 3.33. The Bertz CT molecular complexity index is 971. The SMILES string of the molecule is COc1ccccc1C(=O)N1c2ccccc2[C@H](Nc2ccccc2)C[C@@H]1C. The van der Waals surface area contributed by atoms with E-state index in [0.29, 0.717) is 11.3 Å². The first-order chi connectivity index (χ1) is 13.7. The number of carbonyl (C=O) groups is 1. The summed E-state index contributed by atoms with van der Waals surface area (Å²) in [6.07, 6.45) is 0.826. The summed E-state index contributed by atoms with van der Waals surface area (Å²) in [5.41, 5.74) is 3.75. The molecule has 0 unspecified atom stereocenters. The lowest BCUT2D eigenvalue weighted by Crippen LogP contribution is -2.44. The molecule has 1 aliphatic rings. The topological polar surface area (TPSA) is 41.6 Å². The predicted octanol–water partition coefficient (Wildman–Crippen LogP) is 5.29. The summed E-state index contributed by atoms with van der Waals surface area (Å²) in [5, 5.41) is 3.63. The molecule has 1 heterocycles. The maximum Gasteiger partial charge on any atom is 0.262 e. The third-order valence-corrected chi connectivity index (χ3v) is 5.26. The molecule has 28 heavy (non-hydrogen) atoms. The van der Waals surface area contributed by atoms with Crippen LogP contribution < -0.4 is 15.0 Å². The fraction of sp³-hybridized carbons (Fsp3) is 0.208. The molecule has 0 saturated heterocycles. The zero-order chi connectivity index (χ0) is 19.5. The molecule has 0 aromatic heterocycles. The summed E-state index contributed by atoms with van der Waals surface area (Å²) < 4.78 is 5.42. The van der Waals surface area contributed by atoms with E-state index in [0.717, 1.165) is 23.4 Å². The van der Waals surface area contributed by atoms with Crippen molar-refractivity contribution in [1.82, 2.24) is 0 Å². The van der Waals surface area contributed by atoms with Crippen LogP contribution in [0.1, 0.15) is 35.3 Å².